The monoisotopic (exact) mass is 292 g/mol. The van der Waals surface area contributed by atoms with E-state index in [1.54, 1.807) is 13.0 Å². The molecule has 2 atom stereocenters. The second-order valence-corrected chi connectivity index (χ2v) is 5.88. The first kappa shape index (κ1) is 13.2. The lowest BCUT2D eigenvalue weighted by atomic mass is 10.1. The number of nitrogens with two attached hydrogens (primary N) is 1. The molecule has 3 rings (SSSR count). The lowest BCUT2D eigenvalue weighted by molar-refractivity contribution is -0.129. The Kier molecular flexibility index (Phi) is 3.09. The molecule has 0 saturated carbocycles. The summed E-state index contributed by atoms with van der Waals surface area (Å²) in [6, 6.07) is 4.08. The van der Waals surface area contributed by atoms with Crippen LogP contribution in [0.4, 0.5) is 11.4 Å². The standard InChI is InChI=1S/C14H17ClN4O/c1-8(20)18-6-11-4-10(18)7-19(11)14-3-9(15)2-13(17)12(14)5-16/h2-3,5,10-11,16H,4,6-7,17H2,1H3. The highest BCUT2D eigenvalue weighted by atomic mass is 35.5. The Morgan fingerprint density at radius 2 is 2.20 bits per heavy atom. The first-order valence-corrected chi connectivity index (χ1v) is 7.02. The molecule has 0 radical (unpaired) electrons. The van der Waals surface area contributed by atoms with Crippen molar-refractivity contribution in [3.63, 3.8) is 0 Å². The molecule has 0 aliphatic carbocycles. The number of benzene rings is 1. The lowest BCUT2D eigenvalue weighted by Crippen LogP contribution is -2.48. The molecule has 2 heterocycles. The third-order valence-corrected chi connectivity index (χ3v) is 4.47. The second kappa shape index (κ2) is 4.66. The van der Waals surface area contributed by atoms with E-state index in [1.165, 1.54) is 6.21 Å². The molecular formula is C14H17ClN4O. The smallest absolute Gasteiger partial charge is 0.219 e. The molecule has 5 nitrogen and oxygen atoms in total. The van der Waals surface area contributed by atoms with E-state index < -0.39 is 0 Å². The van der Waals surface area contributed by atoms with E-state index in [-0.39, 0.29) is 11.9 Å². The van der Waals surface area contributed by atoms with Gasteiger partial charge in [0.05, 0.1) is 6.04 Å². The van der Waals surface area contributed by atoms with Crippen molar-refractivity contribution in [2.45, 2.75) is 25.4 Å². The minimum absolute atomic E-state index is 0.134. The summed E-state index contributed by atoms with van der Waals surface area (Å²) in [5.41, 5.74) is 8.08. The zero-order valence-electron chi connectivity index (χ0n) is 11.3. The summed E-state index contributed by atoms with van der Waals surface area (Å²) >= 11 is 6.09. The molecule has 1 aromatic rings. The summed E-state index contributed by atoms with van der Waals surface area (Å²) in [6.45, 7) is 3.14. The molecule has 3 N–H and O–H groups in total. The van der Waals surface area contributed by atoms with Gasteiger partial charge in [-0.05, 0) is 18.6 Å². The topological polar surface area (TPSA) is 73.4 Å². The van der Waals surface area contributed by atoms with Crippen molar-refractivity contribution in [1.82, 2.24) is 4.90 Å². The second-order valence-electron chi connectivity index (χ2n) is 5.44. The summed E-state index contributed by atoms with van der Waals surface area (Å²) in [5, 5.41) is 8.14. The highest BCUT2D eigenvalue weighted by molar-refractivity contribution is 6.31. The van der Waals surface area contributed by atoms with Crippen LogP contribution in [0.2, 0.25) is 5.02 Å². The van der Waals surface area contributed by atoms with E-state index in [0.29, 0.717) is 22.3 Å². The number of nitrogens with zero attached hydrogens (tertiary/aromatic N) is 2. The van der Waals surface area contributed by atoms with E-state index in [4.69, 9.17) is 22.7 Å². The number of likely N-dealkylation sites (tertiary alicyclic amines) is 1. The van der Waals surface area contributed by atoms with Crippen molar-refractivity contribution >= 4 is 35.1 Å². The summed E-state index contributed by atoms with van der Waals surface area (Å²) in [7, 11) is 0. The van der Waals surface area contributed by atoms with Crippen LogP contribution < -0.4 is 10.6 Å². The summed E-state index contributed by atoms with van der Waals surface area (Å²) in [4.78, 5) is 15.7. The van der Waals surface area contributed by atoms with Crippen LogP contribution in [0, 0.1) is 5.41 Å². The van der Waals surface area contributed by atoms with E-state index in [2.05, 4.69) is 4.90 Å². The van der Waals surface area contributed by atoms with Gasteiger partial charge in [0.1, 0.15) is 0 Å². The molecule has 1 amide bonds. The molecule has 106 valence electrons. The van der Waals surface area contributed by atoms with Crippen molar-refractivity contribution in [1.29, 1.82) is 5.41 Å². The number of halogens is 1. The van der Waals surface area contributed by atoms with Crippen LogP contribution in [0.3, 0.4) is 0 Å². The third-order valence-electron chi connectivity index (χ3n) is 4.25. The predicted octanol–water partition coefficient (Wildman–Crippen LogP) is 1.73. The van der Waals surface area contributed by atoms with Crippen LogP contribution in [0.1, 0.15) is 18.9 Å². The molecule has 2 unspecified atom stereocenters. The SMILES string of the molecule is CC(=O)N1CC2CC1CN2c1cc(Cl)cc(N)c1C=N. The van der Waals surface area contributed by atoms with Crippen molar-refractivity contribution in [2.75, 3.05) is 23.7 Å². The van der Waals surface area contributed by atoms with E-state index in [1.807, 2.05) is 11.0 Å². The van der Waals surface area contributed by atoms with E-state index >= 15 is 0 Å². The minimum Gasteiger partial charge on any atom is -0.398 e. The van der Waals surface area contributed by atoms with Gasteiger partial charge in [0, 0.05) is 54.2 Å². The quantitative estimate of drug-likeness (QED) is 0.644. The lowest BCUT2D eigenvalue weighted by Gasteiger charge is -2.36. The zero-order valence-corrected chi connectivity index (χ0v) is 12.0. The fourth-order valence-corrected chi connectivity index (χ4v) is 3.59. The Hall–Kier alpha value is -1.75. The number of hydrogen-bond acceptors (Lipinski definition) is 4. The van der Waals surface area contributed by atoms with Crippen LogP contribution in [0.25, 0.3) is 0 Å². The molecule has 20 heavy (non-hydrogen) atoms. The largest absolute Gasteiger partial charge is 0.398 e. The molecule has 2 aliphatic rings. The van der Waals surface area contributed by atoms with Gasteiger partial charge in [-0.15, -0.1) is 0 Å². The number of piperazine rings is 1. The number of hydrogen-bond donors (Lipinski definition) is 2. The van der Waals surface area contributed by atoms with Crippen molar-refractivity contribution < 1.29 is 4.79 Å². The minimum atomic E-state index is 0.134. The Balaban J connectivity index is 1.94. The number of fused-ring (bicyclic) bond motifs is 2. The Labute approximate surface area is 122 Å². The zero-order chi connectivity index (χ0) is 14.4. The fraction of sp³-hybridized carbons (Fsp3) is 0.429. The van der Waals surface area contributed by atoms with E-state index in [0.717, 1.165) is 25.2 Å². The van der Waals surface area contributed by atoms with Gasteiger partial charge in [-0.1, -0.05) is 11.6 Å². The molecule has 2 bridgehead atoms. The fourth-order valence-electron chi connectivity index (χ4n) is 3.37. The van der Waals surface area contributed by atoms with Crippen molar-refractivity contribution in [2.24, 2.45) is 0 Å². The van der Waals surface area contributed by atoms with Crippen LogP contribution >= 0.6 is 11.6 Å². The maximum Gasteiger partial charge on any atom is 0.219 e. The summed E-state index contributed by atoms with van der Waals surface area (Å²) in [5.74, 6) is 0.134. The first-order valence-electron chi connectivity index (χ1n) is 6.64. The van der Waals surface area contributed by atoms with Crippen LogP contribution in [-0.2, 0) is 4.79 Å². The summed E-state index contributed by atoms with van der Waals surface area (Å²) in [6.07, 6.45) is 2.25. The van der Waals surface area contributed by atoms with E-state index in [9.17, 15) is 4.79 Å². The maximum absolute atomic E-state index is 11.5. The average Bonchev–Trinajstić information content (AvgIpc) is 2.97. The first-order chi connectivity index (χ1) is 9.51. The number of amides is 1. The van der Waals surface area contributed by atoms with Gasteiger partial charge < -0.3 is 20.9 Å². The Morgan fingerprint density at radius 1 is 1.45 bits per heavy atom. The van der Waals surface area contributed by atoms with Gasteiger partial charge in [-0.3, -0.25) is 4.79 Å². The van der Waals surface area contributed by atoms with Crippen molar-refractivity contribution in [3.05, 3.63) is 22.7 Å². The van der Waals surface area contributed by atoms with Crippen molar-refractivity contribution in [3.8, 4) is 0 Å². The van der Waals surface area contributed by atoms with Gasteiger partial charge in [0.25, 0.3) is 0 Å². The highest BCUT2D eigenvalue weighted by Gasteiger charge is 2.44. The maximum atomic E-state index is 11.5. The van der Waals surface area contributed by atoms with Gasteiger partial charge >= 0.3 is 0 Å². The molecule has 6 heteroatoms. The van der Waals surface area contributed by atoms with Gasteiger partial charge in [-0.2, -0.15) is 0 Å². The number of carbonyl (C=O) groups excluding carboxylic acids is 1. The van der Waals surface area contributed by atoms with Crippen LogP contribution in [-0.4, -0.2) is 42.2 Å². The summed E-state index contributed by atoms with van der Waals surface area (Å²) < 4.78 is 0. The van der Waals surface area contributed by atoms with Crippen LogP contribution in [0.15, 0.2) is 12.1 Å². The number of nitrogens with one attached hydrogen (secondary N) is 1. The molecule has 0 spiro atoms. The molecule has 2 aliphatic heterocycles. The number of rotatable bonds is 2. The molecule has 1 aromatic carbocycles. The normalized spacial score (nSPS) is 24.3. The number of carbonyl (C=O) groups is 1. The highest BCUT2D eigenvalue weighted by Crippen LogP contribution is 2.38. The third kappa shape index (κ3) is 1.93. The van der Waals surface area contributed by atoms with Gasteiger partial charge in [-0.25, -0.2) is 0 Å². The average molecular weight is 293 g/mol. The molecule has 2 saturated heterocycles. The molecule has 0 aromatic heterocycles. The Morgan fingerprint density at radius 3 is 2.75 bits per heavy atom. The predicted molar refractivity (Wildman–Crippen MR) is 80.7 cm³/mol. The Bertz CT molecular complexity index is 589. The van der Waals surface area contributed by atoms with Gasteiger partial charge in [0.15, 0.2) is 0 Å². The number of nitrogen functional groups attached to an aromatic ring is 1. The number of anilines is 2. The molecule has 2 fully saturated rings. The van der Waals surface area contributed by atoms with Crippen LogP contribution in [0.5, 0.6) is 0 Å². The molecular weight excluding hydrogens is 276 g/mol. The van der Waals surface area contributed by atoms with Gasteiger partial charge in [0.2, 0.25) is 5.91 Å².